The summed E-state index contributed by atoms with van der Waals surface area (Å²) >= 11 is 8.91. The largest absolute Gasteiger partial charge is 0.445 e. The number of hydrogen-bond donors (Lipinski definition) is 1. The van der Waals surface area contributed by atoms with Crippen molar-refractivity contribution in [1.29, 1.82) is 0 Å². The molecule has 0 saturated heterocycles. The van der Waals surface area contributed by atoms with E-state index in [0.717, 1.165) is 5.56 Å². The molecule has 3 nitrogen and oxygen atoms in total. The number of hydrogen-bond acceptors (Lipinski definition) is 2. The molecule has 0 unspecified atom stereocenters. The van der Waals surface area contributed by atoms with Gasteiger partial charge in [0.25, 0.3) is 0 Å². The van der Waals surface area contributed by atoms with Crippen LogP contribution < -0.4 is 5.32 Å². The molecule has 0 atom stereocenters. The van der Waals surface area contributed by atoms with Gasteiger partial charge in [0.1, 0.15) is 12.4 Å². The van der Waals surface area contributed by atoms with E-state index in [1.165, 1.54) is 6.07 Å². The Morgan fingerprint density at radius 3 is 2.74 bits per heavy atom. The van der Waals surface area contributed by atoms with Gasteiger partial charge in [-0.3, -0.25) is 0 Å². The lowest BCUT2D eigenvalue weighted by atomic mass is 10.2. The predicted molar refractivity (Wildman–Crippen MR) is 90.6 cm³/mol. The van der Waals surface area contributed by atoms with E-state index >= 15 is 0 Å². The summed E-state index contributed by atoms with van der Waals surface area (Å²) in [6, 6.07) is 12.0. The third-order valence-corrected chi connectivity index (χ3v) is 3.60. The van der Waals surface area contributed by atoms with Gasteiger partial charge in [-0.25, -0.2) is 9.18 Å². The summed E-state index contributed by atoms with van der Waals surface area (Å²) in [6.45, 7) is 0.222. The Morgan fingerprint density at radius 2 is 2.04 bits per heavy atom. The Hall–Kier alpha value is -2.03. The number of amides is 1. The smallest absolute Gasteiger partial charge is 0.408 e. The minimum absolute atomic E-state index is 0.0438. The van der Waals surface area contributed by atoms with Gasteiger partial charge in [0.15, 0.2) is 0 Å². The van der Waals surface area contributed by atoms with E-state index in [9.17, 15) is 9.18 Å². The van der Waals surface area contributed by atoms with Crippen molar-refractivity contribution < 1.29 is 13.9 Å². The molecule has 0 radical (unpaired) electrons. The standard InChI is InChI=1S/C17H12BrClFNO2/c18-15-9-13(19)10-16(20)14(15)7-4-8-21-17(22)23-11-12-5-2-1-3-6-12/h1-3,5-6,9-10H,8,11H2,(H,21,22). The lowest BCUT2D eigenvalue weighted by molar-refractivity contribution is 0.141. The minimum Gasteiger partial charge on any atom is -0.445 e. The van der Waals surface area contributed by atoms with Gasteiger partial charge in [-0.05, 0) is 33.6 Å². The molecule has 2 rings (SSSR count). The molecule has 1 N–H and O–H groups in total. The van der Waals surface area contributed by atoms with Crippen LogP contribution in [0, 0.1) is 17.7 Å². The van der Waals surface area contributed by atoms with Gasteiger partial charge < -0.3 is 10.1 Å². The van der Waals surface area contributed by atoms with Crippen molar-refractivity contribution in [2.24, 2.45) is 0 Å². The molecule has 6 heteroatoms. The minimum atomic E-state index is -0.584. The number of carbonyl (C=O) groups is 1. The number of rotatable bonds is 3. The highest BCUT2D eigenvalue weighted by Gasteiger charge is 2.06. The number of nitrogens with one attached hydrogen (secondary N) is 1. The summed E-state index contributed by atoms with van der Waals surface area (Å²) in [7, 11) is 0. The van der Waals surface area contributed by atoms with E-state index in [1.807, 2.05) is 30.3 Å². The molecule has 23 heavy (non-hydrogen) atoms. The summed E-state index contributed by atoms with van der Waals surface area (Å²) in [5, 5.41) is 2.76. The first kappa shape index (κ1) is 17.3. The van der Waals surface area contributed by atoms with Crippen LogP contribution >= 0.6 is 27.5 Å². The summed E-state index contributed by atoms with van der Waals surface area (Å²) in [5.74, 6) is 4.77. The van der Waals surface area contributed by atoms with Crippen molar-refractivity contribution in [3.8, 4) is 11.8 Å². The molecule has 0 fully saturated rings. The first-order valence-electron chi connectivity index (χ1n) is 6.64. The number of halogens is 3. The fourth-order valence-corrected chi connectivity index (χ4v) is 2.56. The predicted octanol–water partition coefficient (Wildman–Crippen LogP) is 4.52. The summed E-state index contributed by atoms with van der Waals surface area (Å²) in [6.07, 6.45) is -0.584. The highest BCUT2D eigenvalue weighted by Crippen LogP contribution is 2.23. The average molecular weight is 397 g/mol. The summed E-state index contributed by atoms with van der Waals surface area (Å²) < 4.78 is 19.2. The first-order chi connectivity index (χ1) is 11.1. The van der Waals surface area contributed by atoms with Crippen molar-refractivity contribution in [2.75, 3.05) is 6.54 Å². The molecular weight excluding hydrogens is 385 g/mol. The van der Waals surface area contributed by atoms with E-state index in [4.69, 9.17) is 16.3 Å². The second-order valence-corrected chi connectivity index (χ2v) is 5.75. The Balaban J connectivity index is 1.83. The van der Waals surface area contributed by atoms with Crippen LogP contribution in [0.4, 0.5) is 9.18 Å². The molecule has 0 saturated carbocycles. The second-order valence-electron chi connectivity index (χ2n) is 4.46. The number of alkyl carbamates (subject to hydrolysis) is 1. The zero-order valence-electron chi connectivity index (χ0n) is 11.9. The lowest BCUT2D eigenvalue weighted by Crippen LogP contribution is -2.24. The average Bonchev–Trinajstić information content (AvgIpc) is 2.52. The third-order valence-electron chi connectivity index (χ3n) is 2.75. The van der Waals surface area contributed by atoms with Crippen molar-refractivity contribution in [3.05, 3.63) is 68.9 Å². The maximum atomic E-state index is 13.7. The quantitative estimate of drug-likeness (QED) is 0.775. The molecule has 0 bridgehead atoms. The Morgan fingerprint density at radius 1 is 1.30 bits per heavy atom. The van der Waals surface area contributed by atoms with Gasteiger partial charge in [-0.1, -0.05) is 53.8 Å². The maximum absolute atomic E-state index is 13.7. The molecule has 0 heterocycles. The molecule has 0 aromatic heterocycles. The van der Waals surface area contributed by atoms with Gasteiger partial charge in [-0.15, -0.1) is 0 Å². The molecule has 0 spiro atoms. The van der Waals surface area contributed by atoms with Crippen LogP contribution in [0.25, 0.3) is 0 Å². The molecule has 2 aromatic rings. The molecule has 118 valence electrons. The van der Waals surface area contributed by atoms with E-state index in [-0.39, 0.29) is 23.7 Å². The number of benzene rings is 2. The first-order valence-corrected chi connectivity index (χ1v) is 7.81. The highest BCUT2D eigenvalue weighted by atomic mass is 79.9. The molecule has 1 amide bonds. The van der Waals surface area contributed by atoms with Crippen LogP contribution in [0.3, 0.4) is 0 Å². The van der Waals surface area contributed by atoms with Gasteiger partial charge in [-0.2, -0.15) is 0 Å². The fourth-order valence-electron chi connectivity index (χ4n) is 1.68. The van der Waals surface area contributed by atoms with E-state index in [2.05, 4.69) is 33.1 Å². The number of carbonyl (C=O) groups excluding carboxylic acids is 1. The van der Waals surface area contributed by atoms with Gasteiger partial charge in [0.2, 0.25) is 0 Å². The SMILES string of the molecule is O=C(NCC#Cc1c(F)cc(Cl)cc1Br)OCc1ccccc1. The molecule has 0 aliphatic rings. The van der Waals surface area contributed by atoms with Crippen LogP contribution in [0.5, 0.6) is 0 Å². The topological polar surface area (TPSA) is 38.3 Å². The van der Waals surface area contributed by atoms with Crippen LogP contribution in [0.2, 0.25) is 5.02 Å². The maximum Gasteiger partial charge on any atom is 0.408 e. The Labute approximate surface area is 146 Å². The lowest BCUT2D eigenvalue weighted by Gasteiger charge is -2.04. The normalized spacial score (nSPS) is 9.70. The third kappa shape index (κ3) is 5.59. The van der Waals surface area contributed by atoms with E-state index in [1.54, 1.807) is 6.07 Å². The van der Waals surface area contributed by atoms with Gasteiger partial charge in [0, 0.05) is 9.50 Å². The van der Waals surface area contributed by atoms with Crippen LogP contribution in [-0.4, -0.2) is 12.6 Å². The van der Waals surface area contributed by atoms with Gasteiger partial charge >= 0.3 is 6.09 Å². The van der Waals surface area contributed by atoms with Crippen molar-refractivity contribution >= 4 is 33.6 Å². The summed E-state index contributed by atoms with van der Waals surface area (Å²) in [4.78, 5) is 11.5. The van der Waals surface area contributed by atoms with Gasteiger partial charge in [0.05, 0.1) is 12.1 Å². The number of ether oxygens (including phenoxy) is 1. The van der Waals surface area contributed by atoms with Crippen LogP contribution in [0.15, 0.2) is 46.9 Å². The Kier molecular flexibility index (Phi) is 6.45. The zero-order chi connectivity index (χ0) is 16.7. The molecule has 2 aromatic carbocycles. The molecule has 0 aliphatic heterocycles. The van der Waals surface area contributed by atoms with Crippen molar-refractivity contribution in [1.82, 2.24) is 5.32 Å². The highest BCUT2D eigenvalue weighted by molar-refractivity contribution is 9.10. The second kappa shape index (κ2) is 8.56. The molecule has 0 aliphatic carbocycles. The van der Waals surface area contributed by atoms with Crippen molar-refractivity contribution in [2.45, 2.75) is 6.61 Å². The van der Waals surface area contributed by atoms with Crippen LogP contribution in [0.1, 0.15) is 11.1 Å². The van der Waals surface area contributed by atoms with Crippen molar-refractivity contribution in [3.63, 3.8) is 0 Å². The monoisotopic (exact) mass is 395 g/mol. The fraction of sp³-hybridized carbons (Fsp3) is 0.118. The summed E-state index contributed by atoms with van der Waals surface area (Å²) in [5.41, 5.74) is 1.08. The van der Waals surface area contributed by atoms with E-state index < -0.39 is 11.9 Å². The van der Waals surface area contributed by atoms with E-state index in [0.29, 0.717) is 4.47 Å². The Bertz CT molecular complexity index is 733. The zero-order valence-corrected chi connectivity index (χ0v) is 14.2. The molecular formula is C17H12BrClFNO2. The van der Waals surface area contributed by atoms with Crippen LogP contribution in [-0.2, 0) is 11.3 Å².